The molecule has 0 fully saturated rings. The lowest BCUT2D eigenvalue weighted by Gasteiger charge is -2.26. The fourth-order valence-electron chi connectivity index (χ4n) is 8.91. The van der Waals surface area contributed by atoms with Crippen molar-refractivity contribution in [2.24, 2.45) is 0 Å². The smallest absolute Gasteiger partial charge is 0.0547 e. The van der Waals surface area contributed by atoms with Crippen LogP contribution in [0.2, 0.25) is 0 Å². The summed E-state index contributed by atoms with van der Waals surface area (Å²) in [5, 5.41) is 7.51. The maximum Gasteiger partial charge on any atom is 0.0547 e. The summed E-state index contributed by atoms with van der Waals surface area (Å²) in [5.74, 6) is 0. The molecule has 0 bridgehead atoms. The Bertz CT molecular complexity index is 3130. The summed E-state index contributed by atoms with van der Waals surface area (Å²) in [5.41, 5.74) is 14.1. The predicted octanol–water partition coefficient (Wildman–Crippen LogP) is 15.6. The number of rotatable bonds is 7. The van der Waals surface area contributed by atoms with Crippen molar-refractivity contribution in [1.29, 1.82) is 0 Å². The molecular weight excluding hydrogens is 701 g/mol. The Balaban J connectivity index is 1.06. The Labute approximate surface area is 338 Å². The number of para-hydroxylation sites is 2. The van der Waals surface area contributed by atoms with Crippen molar-refractivity contribution >= 4 is 60.4 Å². The van der Waals surface area contributed by atoms with Crippen molar-refractivity contribution in [3.05, 3.63) is 231 Å². The van der Waals surface area contributed by atoms with E-state index in [1.165, 1.54) is 76.7 Å². The van der Waals surface area contributed by atoms with Crippen molar-refractivity contribution in [3.8, 4) is 39.1 Å². The van der Waals surface area contributed by atoms with Gasteiger partial charge in [-0.2, -0.15) is 0 Å². The lowest BCUT2D eigenvalue weighted by Crippen LogP contribution is -2.10. The Hall–Kier alpha value is -7.68. The third-order valence-corrected chi connectivity index (χ3v) is 11.6. The zero-order chi connectivity index (χ0) is 38.4. The fourth-order valence-corrected chi connectivity index (χ4v) is 8.91. The summed E-state index contributed by atoms with van der Waals surface area (Å²) >= 11 is 0. The molecular formula is C56H38N2. The molecule has 0 amide bonds. The van der Waals surface area contributed by atoms with Crippen LogP contribution in [0.15, 0.2) is 231 Å². The number of anilines is 3. The summed E-state index contributed by atoms with van der Waals surface area (Å²) in [6, 6.07) is 83.6. The molecule has 1 aromatic heterocycles. The Morgan fingerprint density at radius 3 is 1.41 bits per heavy atom. The molecule has 1 heterocycles. The Morgan fingerprint density at radius 1 is 0.293 bits per heavy atom. The average Bonchev–Trinajstić information content (AvgIpc) is 3.64. The topological polar surface area (TPSA) is 8.17 Å². The minimum Gasteiger partial charge on any atom is -0.310 e. The van der Waals surface area contributed by atoms with Crippen molar-refractivity contribution < 1.29 is 0 Å². The monoisotopic (exact) mass is 738 g/mol. The van der Waals surface area contributed by atoms with Gasteiger partial charge in [-0.1, -0.05) is 170 Å². The molecule has 2 heteroatoms. The summed E-state index contributed by atoms with van der Waals surface area (Å²) in [6.07, 6.45) is 0. The molecule has 0 radical (unpaired) electrons. The van der Waals surface area contributed by atoms with E-state index in [-0.39, 0.29) is 0 Å². The molecule has 0 N–H and O–H groups in total. The standard InChI is InChI=1S/C56H38N2/c1-2-19-44(20-3-1)58-54-28-9-8-24-53(54)56-52(27-13-29-55(56)58)43-18-10-21-47(38-43)57(45-34-30-41(31-35-45)50-25-11-16-39-14-4-6-22-48(39)50)46-36-32-42(33-37-46)51-26-12-17-40-15-5-7-23-49(40)51/h1-38H. The molecule has 0 atom stereocenters. The van der Waals surface area contributed by atoms with E-state index in [9.17, 15) is 0 Å². The first-order chi connectivity index (χ1) is 28.8. The lowest BCUT2D eigenvalue weighted by atomic mass is 9.97. The highest BCUT2D eigenvalue weighted by atomic mass is 15.1. The van der Waals surface area contributed by atoms with Crippen LogP contribution in [0.4, 0.5) is 17.1 Å². The summed E-state index contributed by atoms with van der Waals surface area (Å²) < 4.78 is 2.39. The molecule has 272 valence electrons. The Kier molecular flexibility index (Phi) is 8.19. The maximum atomic E-state index is 2.39. The number of fused-ring (bicyclic) bond motifs is 5. The van der Waals surface area contributed by atoms with E-state index >= 15 is 0 Å². The summed E-state index contributed by atoms with van der Waals surface area (Å²) in [6.45, 7) is 0. The van der Waals surface area contributed by atoms with E-state index in [4.69, 9.17) is 0 Å². The number of nitrogens with zero attached hydrogens (tertiary/aromatic N) is 2. The van der Waals surface area contributed by atoms with Gasteiger partial charge in [0, 0.05) is 33.5 Å². The molecule has 0 unspecified atom stereocenters. The first-order valence-electron chi connectivity index (χ1n) is 19.9. The SMILES string of the molecule is c1ccc(-n2c3ccccc3c3c(-c4cccc(N(c5ccc(-c6cccc7ccccc67)cc5)c5ccc(-c6cccc7ccccc67)cc5)c4)cccc32)cc1. The minimum absolute atomic E-state index is 1.09. The van der Waals surface area contributed by atoms with Gasteiger partial charge in [0.25, 0.3) is 0 Å². The highest BCUT2D eigenvalue weighted by Crippen LogP contribution is 2.43. The normalized spacial score (nSPS) is 11.4. The van der Waals surface area contributed by atoms with Gasteiger partial charge >= 0.3 is 0 Å². The summed E-state index contributed by atoms with van der Waals surface area (Å²) in [4.78, 5) is 2.39. The largest absolute Gasteiger partial charge is 0.310 e. The number of aromatic nitrogens is 1. The zero-order valence-electron chi connectivity index (χ0n) is 31.8. The van der Waals surface area contributed by atoms with E-state index in [0.717, 1.165) is 22.7 Å². The van der Waals surface area contributed by atoms with Crippen LogP contribution in [0.25, 0.3) is 82.4 Å². The molecule has 0 saturated heterocycles. The number of hydrogen-bond donors (Lipinski definition) is 0. The van der Waals surface area contributed by atoms with Gasteiger partial charge in [-0.25, -0.2) is 0 Å². The van der Waals surface area contributed by atoms with Crippen molar-refractivity contribution in [2.45, 2.75) is 0 Å². The average molecular weight is 739 g/mol. The first-order valence-corrected chi connectivity index (χ1v) is 19.9. The second-order valence-corrected chi connectivity index (χ2v) is 14.9. The van der Waals surface area contributed by atoms with Crippen LogP contribution in [-0.4, -0.2) is 4.57 Å². The molecule has 10 aromatic carbocycles. The van der Waals surface area contributed by atoms with E-state index < -0.39 is 0 Å². The van der Waals surface area contributed by atoms with Crippen molar-refractivity contribution in [2.75, 3.05) is 4.90 Å². The van der Waals surface area contributed by atoms with Crippen LogP contribution < -0.4 is 4.90 Å². The maximum absolute atomic E-state index is 2.39. The highest BCUT2D eigenvalue weighted by molar-refractivity contribution is 6.16. The third kappa shape index (κ3) is 5.74. The van der Waals surface area contributed by atoms with Gasteiger partial charge in [0.05, 0.1) is 11.0 Å². The van der Waals surface area contributed by atoms with E-state index in [2.05, 4.69) is 240 Å². The number of hydrogen-bond acceptors (Lipinski definition) is 1. The van der Waals surface area contributed by atoms with Crippen LogP contribution in [-0.2, 0) is 0 Å². The predicted molar refractivity (Wildman–Crippen MR) is 247 cm³/mol. The van der Waals surface area contributed by atoms with Crippen LogP contribution in [0.3, 0.4) is 0 Å². The fraction of sp³-hybridized carbons (Fsp3) is 0. The van der Waals surface area contributed by atoms with Gasteiger partial charge in [-0.05, 0) is 116 Å². The van der Waals surface area contributed by atoms with Crippen LogP contribution in [0.5, 0.6) is 0 Å². The molecule has 58 heavy (non-hydrogen) atoms. The van der Waals surface area contributed by atoms with E-state index in [0.29, 0.717) is 0 Å². The molecule has 0 aliphatic heterocycles. The second-order valence-electron chi connectivity index (χ2n) is 14.9. The van der Waals surface area contributed by atoms with Gasteiger partial charge in [-0.3, -0.25) is 0 Å². The molecule has 11 rings (SSSR count). The zero-order valence-corrected chi connectivity index (χ0v) is 31.8. The van der Waals surface area contributed by atoms with Gasteiger partial charge in [0.2, 0.25) is 0 Å². The van der Waals surface area contributed by atoms with E-state index in [1.807, 2.05) is 0 Å². The quantitative estimate of drug-likeness (QED) is 0.158. The van der Waals surface area contributed by atoms with Gasteiger partial charge in [0.15, 0.2) is 0 Å². The first kappa shape index (κ1) is 33.6. The molecule has 0 saturated carbocycles. The van der Waals surface area contributed by atoms with Crippen molar-refractivity contribution in [1.82, 2.24) is 4.57 Å². The summed E-state index contributed by atoms with van der Waals surface area (Å²) in [7, 11) is 0. The van der Waals surface area contributed by atoms with Gasteiger partial charge in [-0.15, -0.1) is 0 Å². The minimum atomic E-state index is 1.09. The molecule has 0 aliphatic rings. The van der Waals surface area contributed by atoms with Crippen LogP contribution in [0.1, 0.15) is 0 Å². The van der Waals surface area contributed by atoms with Crippen molar-refractivity contribution in [3.63, 3.8) is 0 Å². The molecule has 0 spiro atoms. The molecule has 0 aliphatic carbocycles. The molecule has 2 nitrogen and oxygen atoms in total. The highest BCUT2D eigenvalue weighted by Gasteiger charge is 2.19. The van der Waals surface area contributed by atoms with Gasteiger partial charge < -0.3 is 9.47 Å². The second kappa shape index (κ2) is 14.1. The van der Waals surface area contributed by atoms with E-state index in [1.54, 1.807) is 0 Å². The lowest BCUT2D eigenvalue weighted by molar-refractivity contribution is 1.18. The Morgan fingerprint density at radius 2 is 0.776 bits per heavy atom. The van der Waals surface area contributed by atoms with Gasteiger partial charge in [0.1, 0.15) is 0 Å². The van der Waals surface area contributed by atoms with Crippen LogP contribution >= 0.6 is 0 Å². The third-order valence-electron chi connectivity index (χ3n) is 11.6. The molecule has 11 aromatic rings. The van der Waals surface area contributed by atoms with Crippen LogP contribution in [0, 0.1) is 0 Å². The number of benzene rings is 10.